The predicted octanol–water partition coefficient (Wildman–Crippen LogP) is 3.83. The fourth-order valence-electron chi connectivity index (χ4n) is 3.03. The smallest absolute Gasteiger partial charge is 0.266 e. The average Bonchev–Trinajstić information content (AvgIpc) is 3.27. The maximum atomic E-state index is 12.9. The van der Waals surface area contributed by atoms with Crippen LogP contribution in [0.4, 0.5) is 0 Å². The Balaban J connectivity index is 1.58. The van der Waals surface area contributed by atoms with Crippen LogP contribution in [0.2, 0.25) is 0 Å². The van der Waals surface area contributed by atoms with Crippen LogP contribution in [0.5, 0.6) is 23.0 Å². The highest BCUT2D eigenvalue weighted by Crippen LogP contribution is 2.38. The van der Waals surface area contributed by atoms with E-state index in [1.807, 2.05) is 30.3 Å². The zero-order chi connectivity index (χ0) is 19.7. The first-order valence-electron chi connectivity index (χ1n) is 8.45. The van der Waals surface area contributed by atoms with Crippen molar-refractivity contribution in [1.82, 2.24) is 4.90 Å². The molecule has 1 amide bonds. The minimum atomic E-state index is -0.141. The molecule has 2 aliphatic rings. The van der Waals surface area contributed by atoms with Crippen molar-refractivity contribution in [2.45, 2.75) is 6.54 Å². The summed E-state index contributed by atoms with van der Waals surface area (Å²) in [6, 6.07) is 11.1. The molecular formula is C20H17NO5S2. The van der Waals surface area contributed by atoms with Crippen LogP contribution in [0.1, 0.15) is 11.1 Å². The van der Waals surface area contributed by atoms with Gasteiger partial charge in [0.05, 0.1) is 25.7 Å². The quantitative estimate of drug-likeness (QED) is 0.543. The molecule has 0 radical (unpaired) electrons. The monoisotopic (exact) mass is 415 g/mol. The lowest BCUT2D eigenvalue weighted by Crippen LogP contribution is -2.27. The third-order valence-electron chi connectivity index (χ3n) is 4.37. The number of nitrogens with zero attached hydrogens (tertiary/aromatic N) is 1. The van der Waals surface area contributed by atoms with Gasteiger partial charge in [-0.2, -0.15) is 0 Å². The molecule has 28 heavy (non-hydrogen) atoms. The molecule has 0 saturated carbocycles. The van der Waals surface area contributed by atoms with Gasteiger partial charge in [0, 0.05) is 5.56 Å². The molecule has 6 nitrogen and oxygen atoms in total. The molecule has 4 rings (SSSR count). The standard InChI is InChI=1S/C20H17NO5S2/c1-23-15-5-3-4-13(18(15)24-2)9-17-19(22)21(20(27)28-17)10-12-6-7-14-16(8-12)26-11-25-14/h3-9H,10-11H2,1-2H3. The molecule has 0 bridgehead atoms. The Morgan fingerprint density at radius 3 is 2.79 bits per heavy atom. The van der Waals surface area contributed by atoms with E-state index in [0.717, 1.165) is 11.1 Å². The number of rotatable bonds is 5. The zero-order valence-electron chi connectivity index (χ0n) is 15.3. The van der Waals surface area contributed by atoms with E-state index in [0.29, 0.717) is 38.8 Å². The lowest BCUT2D eigenvalue weighted by Gasteiger charge is -2.14. The summed E-state index contributed by atoms with van der Waals surface area (Å²) in [5.41, 5.74) is 1.67. The van der Waals surface area contributed by atoms with Gasteiger partial charge in [-0.15, -0.1) is 0 Å². The zero-order valence-corrected chi connectivity index (χ0v) is 16.9. The molecule has 2 heterocycles. The van der Waals surface area contributed by atoms with Gasteiger partial charge in [0.25, 0.3) is 5.91 Å². The van der Waals surface area contributed by atoms with Crippen molar-refractivity contribution in [1.29, 1.82) is 0 Å². The third-order valence-corrected chi connectivity index (χ3v) is 5.75. The van der Waals surface area contributed by atoms with Gasteiger partial charge in [-0.3, -0.25) is 9.69 Å². The van der Waals surface area contributed by atoms with Gasteiger partial charge in [0.1, 0.15) is 4.32 Å². The number of methoxy groups -OCH3 is 2. The second-order valence-electron chi connectivity index (χ2n) is 6.04. The van der Waals surface area contributed by atoms with Gasteiger partial charge < -0.3 is 18.9 Å². The van der Waals surface area contributed by atoms with Crippen molar-refractivity contribution in [3.8, 4) is 23.0 Å². The number of thiocarbonyl (C=S) groups is 1. The van der Waals surface area contributed by atoms with Crippen LogP contribution >= 0.6 is 24.0 Å². The van der Waals surface area contributed by atoms with Gasteiger partial charge in [-0.05, 0) is 29.8 Å². The minimum Gasteiger partial charge on any atom is -0.493 e. The summed E-state index contributed by atoms with van der Waals surface area (Å²) in [6.45, 7) is 0.582. The molecule has 0 N–H and O–H groups in total. The highest BCUT2D eigenvalue weighted by atomic mass is 32.2. The molecule has 2 aliphatic heterocycles. The van der Waals surface area contributed by atoms with Crippen LogP contribution < -0.4 is 18.9 Å². The van der Waals surface area contributed by atoms with Crippen LogP contribution in [0, 0.1) is 0 Å². The fourth-order valence-corrected chi connectivity index (χ4v) is 4.27. The number of hydrogen-bond donors (Lipinski definition) is 0. The number of para-hydroxylation sites is 1. The summed E-state index contributed by atoms with van der Waals surface area (Å²) in [7, 11) is 3.15. The number of thioether (sulfide) groups is 1. The molecule has 0 atom stereocenters. The molecule has 0 aliphatic carbocycles. The van der Waals surface area contributed by atoms with E-state index < -0.39 is 0 Å². The molecule has 0 aromatic heterocycles. The number of ether oxygens (including phenoxy) is 4. The number of carbonyl (C=O) groups excluding carboxylic acids is 1. The van der Waals surface area contributed by atoms with Crippen LogP contribution in [-0.2, 0) is 11.3 Å². The second-order valence-corrected chi connectivity index (χ2v) is 7.71. The van der Waals surface area contributed by atoms with Crippen molar-refractivity contribution in [2.75, 3.05) is 21.0 Å². The van der Waals surface area contributed by atoms with E-state index in [2.05, 4.69) is 0 Å². The Morgan fingerprint density at radius 2 is 2.00 bits per heavy atom. The summed E-state index contributed by atoms with van der Waals surface area (Å²) in [4.78, 5) is 15.1. The molecule has 0 spiro atoms. The third kappa shape index (κ3) is 3.41. The minimum absolute atomic E-state index is 0.141. The Hall–Kier alpha value is -2.71. The molecule has 1 fully saturated rings. The van der Waals surface area contributed by atoms with Gasteiger partial charge in [-0.1, -0.05) is 42.2 Å². The van der Waals surface area contributed by atoms with Crippen molar-refractivity contribution in [2.24, 2.45) is 0 Å². The average molecular weight is 415 g/mol. The highest BCUT2D eigenvalue weighted by Gasteiger charge is 2.32. The summed E-state index contributed by atoms with van der Waals surface area (Å²) in [6.07, 6.45) is 1.78. The Kier molecular flexibility index (Phi) is 5.15. The Bertz CT molecular complexity index is 989. The van der Waals surface area contributed by atoms with E-state index in [-0.39, 0.29) is 12.7 Å². The van der Waals surface area contributed by atoms with E-state index >= 15 is 0 Å². The number of carbonyl (C=O) groups is 1. The topological polar surface area (TPSA) is 57.2 Å². The van der Waals surface area contributed by atoms with Gasteiger partial charge >= 0.3 is 0 Å². The van der Waals surface area contributed by atoms with Crippen molar-refractivity contribution in [3.05, 3.63) is 52.4 Å². The van der Waals surface area contributed by atoms with Crippen molar-refractivity contribution in [3.63, 3.8) is 0 Å². The van der Waals surface area contributed by atoms with Crippen LogP contribution in [0.15, 0.2) is 41.3 Å². The lowest BCUT2D eigenvalue weighted by atomic mass is 10.1. The molecule has 0 unspecified atom stereocenters. The largest absolute Gasteiger partial charge is 0.493 e. The van der Waals surface area contributed by atoms with Crippen molar-refractivity contribution < 1.29 is 23.7 Å². The molecule has 1 saturated heterocycles. The fraction of sp³-hybridized carbons (Fsp3) is 0.200. The molecule has 8 heteroatoms. The normalized spacial score (nSPS) is 16.8. The number of benzene rings is 2. The lowest BCUT2D eigenvalue weighted by molar-refractivity contribution is -0.122. The Labute approximate surface area is 172 Å². The predicted molar refractivity (Wildman–Crippen MR) is 111 cm³/mol. The van der Waals surface area contributed by atoms with Crippen LogP contribution in [0.3, 0.4) is 0 Å². The van der Waals surface area contributed by atoms with E-state index in [4.69, 9.17) is 31.2 Å². The Morgan fingerprint density at radius 1 is 1.18 bits per heavy atom. The van der Waals surface area contributed by atoms with Gasteiger partial charge in [0.15, 0.2) is 23.0 Å². The number of amides is 1. The summed E-state index contributed by atoms with van der Waals surface area (Å²) in [5, 5.41) is 0. The summed E-state index contributed by atoms with van der Waals surface area (Å²) < 4.78 is 22.0. The molecule has 2 aromatic rings. The highest BCUT2D eigenvalue weighted by molar-refractivity contribution is 8.26. The molecular weight excluding hydrogens is 398 g/mol. The van der Waals surface area contributed by atoms with Crippen LogP contribution in [0.25, 0.3) is 6.08 Å². The maximum Gasteiger partial charge on any atom is 0.266 e. The maximum absolute atomic E-state index is 12.9. The summed E-state index contributed by atoms with van der Waals surface area (Å²) >= 11 is 6.71. The van der Waals surface area contributed by atoms with Gasteiger partial charge in [-0.25, -0.2) is 0 Å². The van der Waals surface area contributed by atoms with Gasteiger partial charge in [0.2, 0.25) is 6.79 Å². The number of fused-ring (bicyclic) bond motifs is 1. The summed E-state index contributed by atoms with van der Waals surface area (Å²) in [5.74, 6) is 2.43. The van der Waals surface area contributed by atoms with E-state index in [1.54, 1.807) is 31.3 Å². The number of hydrogen-bond acceptors (Lipinski definition) is 7. The molecule has 2 aromatic carbocycles. The first kappa shape index (κ1) is 18.6. The van der Waals surface area contributed by atoms with E-state index in [9.17, 15) is 4.79 Å². The first-order chi connectivity index (χ1) is 13.6. The van der Waals surface area contributed by atoms with E-state index in [1.165, 1.54) is 11.8 Å². The first-order valence-corrected chi connectivity index (χ1v) is 9.68. The van der Waals surface area contributed by atoms with Crippen LogP contribution in [-0.4, -0.2) is 36.1 Å². The molecule has 144 valence electrons. The second kappa shape index (κ2) is 7.73. The van der Waals surface area contributed by atoms with Crippen molar-refractivity contribution >= 4 is 40.3 Å². The SMILES string of the molecule is COc1cccc(C=C2SC(=S)N(Cc3ccc4c(c3)OCO4)C2=O)c1OC.